The standard InChI is InChI=1S/C30H38N2O4S/c1-3-14-31(18-25(33)21-35-20-24-9-5-4-6-10-24)19-30(34)32-15-12-29-27(13-16-37-29)28(32)22-36-26-11-7-8-23(2)17-26/h4-11,13,16-17,25,28,33H,3,12,14-15,18-22H2,1-2H3/t25-,28-/m1/s1. The molecule has 0 radical (unpaired) electrons. The summed E-state index contributed by atoms with van der Waals surface area (Å²) in [4.78, 5) is 18.9. The summed E-state index contributed by atoms with van der Waals surface area (Å²) >= 11 is 1.75. The number of fused-ring (bicyclic) bond motifs is 1. The van der Waals surface area contributed by atoms with Crippen LogP contribution in [0.5, 0.6) is 5.75 Å². The van der Waals surface area contributed by atoms with Crippen LogP contribution in [0.2, 0.25) is 0 Å². The molecule has 198 valence electrons. The van der Waals surface area contributed by atoms with E-state index in [4.69, 9.17) is 9.47 Å². The van der Waals surface area contributed by atoms with E-state index in [0.717, 1.165) is 36.3 Å². The highest BCUT2D eigenvalue weighted by atomic mass is 32.1. The maximum Gasteiger partial charge on any atom is 0.237 e. The molecule has 4 rings (SSSR count). The van der Waals surface area contributed by atoms with Crippen LogP contribution in [-0.4, -0.2) is 66.3 Å². The third-order valence-electron chi connectivity index (χ3n) is 6.60. The predicted octanol–water partition coefficient (Wildman–Crippen LogP) is 4.85. The van der Waals surface area contributed by atoms with Crippen molar-refractivity contribution in [2.75, 3.05) is 39.4 Å². The lowest BCUT2D eigenvalue weighted by molar-refractivity contribution is -0.136. The van der Waals surface area contributed by atoms with Crippen molar-refractivity contribution in [3.63, 3.8) is 0 Å². The smallest absolute Gasteiger partial charge is 0.237 e. The molecule has 1 aromatic heterocycles. The molecule has 1 N–H and O–H groups in total. The molecule has 6 nitrogen and oxygen atoms in total. The summed E-state index contributed by atoms with van der Waals surface area (Å²) in [5.41, 5.74) is 3.41. The number of hydrogen-bond acceptors (Lipinski definition) is 6. The van der Waals surface area contributed by atoms with Gasteiger partial charge in [-0.1, -0.05) is 49.4 Å². The van der Waals surface area contributed by atoms with Crippen molar-refractivity contribution in [3.8, 4) is 5.75 Å². The summed E-state index contributed by atoms with van der Waals surface area (Å²) in [6.07, 6.45) is 1.11. The number of thiophene rings is 1. The molecule has 7 heteroatoms. The third kappa shape index (κ3) is 7.89. The number of nitrogens with zero attached hydrogens (tertiary/aromatic N) is 2. The van der Waals surface area contributed by atoms with Crippen LogP contribution in [0.15, 0.2) is 66.0 Å². The van der Waals surface area contributed by atoms with Crippen molar-refractivity contribution in [1.82, 2.24) is 9.80 Å². The van der Waals surface area contributed by atoms with E-state index in [9.17, 15) is 9.90 Å². The summed E-state index contributed by atoms with van der Waals surface area (Å²) in [6, 6.07) is 20.0. The van der Waals surface area contributed by atoms with Crippen LogP contribution in [0.3, 0.4) is 0 Å². The van der Waals surface area contributed by atoms with Crippen molar-refractivity contribution in [2.45, 2.75) is 45.4 Å². The summed E-state index contributed by atoms with van der Waals surface area (Å²) < 4.78 is 11.9. The van der Waals surface area contributed by atoms with Crippen molar-refractivity contribution in [3.05, 3.63) is 87.6 Å². The van der Waals surface area contributed by atoms with Gasteiger partial charge in [-0.3, -0.25) is 9.69 Å². The van der Waals surface area contributed by atoms with Crippen LogP contribution in [0.4, 0.5) is 0 Å². The second-order valence-electron chi connectivity index (χ2n) is 9.67. The third-order valence-corrected chi connectivity index (χ3v) is 7.60. The topological polar surface area (TPSA) is 62.2 Å². The van der Waals surface area contributed by atoms with Crippen molar-refractivity contribution >= 4 is 17.2 Å². The quantitative estimate of drug-likeness (QED) is 0.348. The van der Waals surface area contributed by atoms with Gasteiger partial charge < -0.3 is 19.5 Å². The lowest BCUT2D eigenvalue weighted by Gasteiger charge is -2.37. The first kappa shape index (κ1) is 27.3. The van der Waals surface area contributed by atoms with E-state index in [1.54, 1.807) is 11.3 Å². The first-order valence-electron chi connectivity index (χ1n) is 13.1. The molecule has 1 aliphatic rings. The Hall–Kier alpha value is -2.71. The Morgan fingerprint density at radius 2 is 2.03 bits per heavy atom. The fourth-order valence-electron chi connectivity index (χ4n) is 4.83. The van der Waals surface area contributed by atoms with Crippen LogP contribution in [0, 0.1) is 6.92 Å². The zero-order valence-corrected chi connectivity index (χ0v) is 22.7. The molecule has 2 heterocycles. The molecular weight excluding hydrogens is 484 g/mol. The van der Waals surface area contributed by atoms with Gasteiger partial charge in [-0.05, 0) is 66.6 Å². The van der Waals surface area contributed by atoms with Crippen LogP contribution in [-0.2, 0) is 22.6 Å². The van der Waals surface area contributed by atoms with E-state index in [0.29, 0.717) is 26.3 Å². The van der Waals surface area contributed by atoms with E-state index in [-0.39, 0.29) is 25.1 Å². The first-order valence-corrected chi connectivity index (χ1v) is 14.0. The Morgan fingerprint density at radius 3 is 2.81 bits per heavy atom. The highest BCUT2D eigenvalue weighted by Gasteiger charge is 2.33. The molecule has 0 fully saturated rings. The Balaban J connectivity index is 1.35. The minimum Gasteiger partial charge on any atom is -0.491 e. The molecule has 2 aromatic carbocycles. The minimum atomic E-state index is -0.659. The minimum absolute atomic E-state index is 0.0700. The predicted molar refractivity (Wildman–Crippen MR) is 148 cm³/mol. The molecule has 0 aliphatic carbocycles. The number of rotatable bonds is 13. The van der Waals surface area contributed by atoms with E-state index in [1.165, 1.54) is 10.4 Å². The van der Waals surface area contributed by atoms with Gasteiger partial charge in [0.15, 0.2) is 0 Å². The van der Waals surface area contributed by atoms with Crippen LogP contribution in [0.25, 0.3) is 0 Å². The second kappa shape index (κ2) is 13.7. The number of aliphatic hydroxyl groups is 1. The van der Waals surface area contributed by atoms with Crippen LogP contribution < -0.4 is 4.74 Å². The SMILES string of the molecule is CCCN(CC(=O)N1CCc2sccc2[C@H]1COc1cccc(C)c1)C[C@@H](O)COCc1ccccc1. The van der Waals surface area contributed by atoms with Gasteiger partial charge in [0.05, 0.1) is 31.9 Å². The lowest BCUT2D eigenvalue weighted by atomic mass is 10.0. The van der Waals surface area contributed by atoms with Gasteiger partial charge in [-0.25, -0.2) is 0 Å². The Morgan fingerprint density at radius 1 is 1.19 bits per heavy atom. The number of benzene rings is 2. The summed E-state index contributed by atoms with van der Waals surface area (Å²) in [7, 11) is 0. The molecule has 0 unspecified atom stereocenters. The average molecular weight is 523 g/mol. The molecule has 1 aliphatic heterocycles. The largest absolute Gasteiger partial charge is 0.491 e. The fourth-order valence-corrected chi connectivity index (χ4v) is 5.75. The number of amides is 1. The monoisotopic (exact) mass is 522 g/mol. The normalized spacial score (nSPS) is 16.0. The maximum atomic E-state index is 13.6. The van der Waals surface area contributed by atoms with Crippen molar-refractivity contribution < 1.29 is 19.4 Å². The summed E-state index contributed by atoms with van der Waals surface area (Å²) in [5, 5.41) is 12.7. The fraction of sp³-hybridized carbons (Fsp3) is 0.433. The number of aliphatic hydroxyl groups excluding tert-OH is 1. The Bertz CT molecular complexity index is 1120. The van der Waals surface area contributed by atoms with E-state index < -0.39 is 6.10 Å². The number of hydrogen-bond donors (Lipinski definition) is 1. The number of carbonyl (C=O) groups is 1. The van der Waals surface area contributed by atoms with Crippen molar-refractivity contribution in [2.24, 2.45) is 0 Å². The average Bonchev–Trinajstić information content (AvgIpc) is 3.37. The molecule has 0 saturated heterocycles. The van der Waals surface area contributed by atoms with Gasteiger partial charge in [0.2, 0.25) is 5.91 Å². The van der Waals surface area contributed by atoms with Crippen molar-refractivity contribution in [1.29, 1.82) is 0 Å². The lowest BCUT2D eigenvalue weighted by Crippen LogP contribution is -2.48. The summed E-state index contributed by atoms with van der Waals surface area (Å²) in [6.45, 7) is 7.34. The number of aryl methyl sites for hydroxylation is 1. The number of carbonyl (C=O) groups excluding carboxylic acids is 1. The molecule has 2 atom stereocenters. The highest BCUT2D eigenvalue weighted by Crippen LogP contribution is 2.34. The second-order valence-corrected chi connectivity index (χ2v) is 10.7. The van der Waals surface area contributed by atoms with E-state index in [2.05, 4.69) is 18.4 Å². The van der Waals surface area contributed by atoms with Crippen LogP contribution >= 0.6 is 11.3 Å². The van der Waals surface area contributed by atoms with Crippen LogP contribution in [0.1, 0.15) is 41.0 Å². The van der Waals surface area contributed by atoms with Gasteiger partial charge in [-0.15, -0.1) is 11.3 Å². The molecule has 0 saturated carbocycles. The molecule has 3 aromatic rings. The zero-order chi connectivity index (χ0) is 26.0. The molecule has 0 spiro atoms. The molecule has 37 heavy (non-hydrogen) atoms. The Kier molecular flexibility index (Phi) is 10.1. The van der Waals surface area contributed by atoms with Gasteiger partial charge >= 0.3 is 0 Å². The van der Waals surface area contributed by atoms with Gasteiger partial charge in [0.1, 0.15) is 12.4 Å². The van der Waals surface area contributed by atoms with Gasteiger partial charge in [0, 0.05) is 18.0 Å². The van der Waals surface area contributed by atoms with E-state index >= 15 is 0 Å². The zero-order valence-electron chi connectivity index (χ0n) is 21.8. The van der Waals surface area contributed by atoms with Gasteiger partial charge in [0.25, 0.3) is 0 Å². The first-order chi connectivity index (χ1) is 18.0. The number of ether oxygens (including phenoxy) is 2. The maximum absolute atomic E-state index is 13.6. The van der Waals surface area contributed by atoms with Gasteiger partial charge in [-0.2, -0.15) is 0 Å². The molecule has 1 amide bonds. The van der Waals surface area contributed by atoms with E-state index in [1.807, 2.05) is 71.3 Å². The molecule has 0 bridgehead atoms. The molecular formula is C30H38N2O4S. The highest BCUT2D eigenvalue weighted by molar-refractivity contribution is 7.10. The Labute approximate surface area is 224 Å². The summed E-state index contributed by atoms with van der Waals surface area (Å²) in [5.74, 6) is 0.890.